The summed E-state index contributed by atoms with van der Waals surface area (Å²) in [5.41, 5.74) is 3.66. The lowest BCUT2D eigenvalue weighted by atomic mass is 10.0. The third kappa shape index (κ3) is 3.01. The van der Waals surface area contributed by atoms with Crippen molar-refractivity contribution >= 4 is 11.0 Å². The van der Waals surface area contributed by atoms with E-state index in [4.69, 9.17) is 4.42 Å². The highest BCUT2D eigenvalue weighted by Crippen LogP contribution is 2.24. The molecule has 1 aliphatic carbocycles. The molecule has 106 valence electrons. The molecule has 0 saturated heterocycles. The van der Waals surface area contributed by atoms with Crippen LogP contribution in [-0.4, -0.2) is 6.04 Å². The summed E-state index contributed by atoms with van der Waals surface area (Å²) in [6.07, 6.45) is 3.58. The van der Waals surface area contributed by atoms with Crippen molar-refractivity contribution in [3.63, 3.8) is 0 Å². The van der Waals surface area contributed by atoms with Crippen molar-refractivity contribution < 1.29 is 4.42 Å². The van der Waals surface area contributed by atoms with Crippen molar-refractivity contribution in [1.82, 2.24) is 5.32 Å². The van der Waals surface area contributed by atoms with E-state index in [0.717, 1.165) is 24.3 Å². The Bertz CT molecular complexity index is 741. The molecular weight excluding hydrogens is 258 g/mol. The van der Waals surface area contributed by atoms with E-state index in [0.29, 0.717) is 6.04 Å². The van der Waals surface area contributed by atoms with Crippen molar-refractivity contribution in [2.45, 2.75) is 31.8 Å². The van der Waals surface area contributed by atoms with Crippen LogP contribution in [0.15, 0.2) is 59.0 Å². The summed E-state index contributed by atoms with van der Waals surface area (Å²) in [6, 6.07) is 20.0. The molecule has 1 heterocycles. The van der Waals surface area contributed by atoms with E-state index in [9.17, 15) is 0 Å². The number of nitrogens with one attached hydrogen (secondary N) is 1. The fraction of sp³-hybridized carbons (Fsp3) is 0.263. The second-order valence-electron chi connectivity index (χ2n) is 5.90. The Labute approximate surface area is 124 Å². The molecule has 0 amide bonds. The summed E-state index contributed by atoms with van der Waals surface area (Å²) < 4.78 is 5.89. The molecule has 0 bridgehead atoms. The highest BCUT2D eigenvalue weighted by atomic mass is 16.3. The lowest BCUT2D eigenvalue weighted by Gasteiger charge is -2.01. The highest BCUT2D eigenvalue weighted by molar-refractivity contribution is 5.78. The van der Waals surface area contributed by atoms with Gasteiger partial charge in [0, 0.05) is 11.4 Å². The zero-order valence-corrected chi connectivity index (χ0v) is 12.0. The number of benzene rings is 2. The Hall–Kier alpha value is -2.06. The van der Waals surface area contributed by atoms with Crippen LogP contribution >= 0.6 is 0 Å². The first kappa shape index (κ1) is 12.7. The standard InChI is InChI=1S/C19H19NO/c1-2-4-14(5-3-1)10-15-6-9-19-16(11-15)12-18(21-19)13-20-17-7-8-17/h1-6,9,11-12,17,20H,7-8,10,13H2. The van der Waals surface area contributed by atoms with E-state index < -0.39 is 0 Å². The maximum absolute atomic E-state index is 5.89. The van der Waals surface area contributed by atoms with Crippen LogP contribution < -0.4 is 5.32 Å². The molecule has 2 nitrogen and oxygen atoms in total. The van der Waals surface area contributed by atoms with Crippen LogP contribution in [0.25, 0.3) is 11.0 Å². The average molecular weight is 277 g/mol. The fourth-order valence-corrected chi connectivity index (χ4v) is 2.71. The summed E-state index contributed by atoms with van der Waals surface area (Å²) >= 11 is 0. The van der Waals surface area contributed by atoms with Crippen molar-refractivity contribution in [2.24, 2.45) is 0 Å². The summed E-state index contributed by atoms with van der Waals surface area (Å²) in [5.74, 6) is 1.04. The van der Waals surface area contributed by atoms with Gasteiger partial charge in [-0.15, -0.1) is 0 Å². The van der Waals surface area contributed by atoms with Gasteiger partial charge >= 0.3 is 0 Å². The molecule has 0 spiro atoms. The van der Waals surface area contributed by atoms with Gasteiger partial charge in [0.2, 0.25) is 0 Å². The summed E-state index contributed by atoms with van der Waals surface area (Å²) in [7, 11) is 0. The first-order valence-corrected chi connectivity index (χ1v) is 7.65. The number of hydrogen-bond donors (Lipinski definition) is 1. The monoisotopic (exact) mass is 277 g/mol. The summed E-state index contributed by atoms with van der Waals surface area (Å²) in [6.45, 7) is 0.841. The molecule has 0 aliphatic heterocycles. The van der Waals surface area contributed by atoms with Crippen LogP contribution in [0.4, 0.5) is 0 Å². The highest BCUT2D eigenvalue weighted by Gasteiger charge is 2.20. The Morgan fingerprint density at radius 3 is 2.62 bits per heavy atom. The molecule has 0 radical (unpaired) electrons. The summed E-state index contributed by atoms with van der Waals surface area (Å²) in [5, 5.41) is 4.70. The second-order valence-corrected chi connectivity index (χ2v) is 5.90. The lowest BCUT2D eigenvalue weighted by Crippen LogP contribution is -2.14. The van der Waals surface area contributed by atoms with Crippen LogP contribution in [0.1, 0.15) is 29.7 Å². The first-order chi connectivity index (χ1) is 10.4. The quantitative estimate of drug-likeness (QED) is 0.753. The fourth-order valence-electron chi connectivity index (χ4n) is 2.71. The molecule has 2 aromatic carbocycles. The first-order valence-electron chi connectivity index (χ1n) is 7.65. The molecular formula is C19H19NO. The summed E-state index contributed by atoms with van der Waals surface area (Å²) in [4.78, 5) is 0. The molecule has 2 heteroatoms. The van der Waals surface area contributed by atoms with Crippen LogP contribution in [0.2, 0.25) is 0 Å². The Morgan fingerprint density at radius 1 is 0.952 bits per heavy atom. The molecule has 21 heavy (non-hydrogen) atoms. The van der Waals surface area contributed by atoms with Crippen molar-refractivity contribution in [1.29, 1.82) is 0 Å². The zero-order chi connectivity index (χ0) is 14.1. The van der Waals surface area contributed by atoms with Crippen LogP contribution in [0.5, 0.6) is 0 Å². The van der Waals surface area contributed by atoms with E-state index in [1.54, 1.807) is 0 Å². The van der Waals surface area contributed by atoms with Gasteiger partial charge in [0.25, 0.3) is 0 Å². The van der Waals surface area contributed by atoms with Crippen LogP contribution in [0.3, 0.4) is 0 Å². The Kier molecular flexibility index (Phi) is 3.24. The van der Waals surface area contributed by atoms with Crippen LogP contribution in [0, 0.1) is 0 Å². The number of furan rings is 1. The van der Waals surface area contributed by atoms with Crippen molar-refractivity contribution in [3.05, 3.63) is 71.5 Å². The van der Waals surface area contributed by atoms with Gasteiger partial charge in [0.05, 0.1) is 6.54 Å². The van der Waals surface area contributed by atoms with Gasteiger partial charge in [0.1, 0.15) is 11.3 Å². The molecule has 3 aromatic rings. The largest absolute Gasteiger partial charge is 0.460 e. The van der Waals surface area contributed by atoms with E-state index in [1.165, 1.54) is 29.4 Å². The van der Waals surface area contributed by atoms with Crippen molar-refractivity contribution in [2.75, 3.05) is 0 Å². The molecule has 1 N–H and O–H groups in total. The van der Waals surface area contributed by atoms with Gasteiger partial charge in [0.15, 0.2) is 0 Å². The van der Waals surface area contributed by atoms with E-state index in [1.807, 2.05) is 0 Å². The molecule has 4 rings (SSSR count). The Balaban J connectivity index is 1.54. The Morgan fingerprint density at radius 2 is 1.81 bits per heavy atom. The minimum absolute atomic E-state index is 0.715. The molecule has 0 atom stereocenters. The van der Waals surface area contributed by atoms with E-state index in [2.05, 4.69) is 59.9 Å². The predicted octanol–water partition coefficient (Wildman–Crippen LogP) is 4.28. The third-order valence-corrected chi connectivity index (χ3v) is 4.03. The number of rotatable bonds is 5. The van der Waals surface area contributed by atoms with Gasteiger partial charge in [-0.05, 0) is 48.6 Å². The topological polar surface area (TPSA) is 25.2 Å². The minimum atomic E-state index is 0.715. The minimum Gasteiger partial charge on any atom is -0.460 e. The smallest absolute Gasteiger partial charge is 0.134 e. The second kappa shape index (κ2) is 5.38. The molecule has 1 aromatic heterocycles. The number of hydrogen-bond acceptors (Lipinski definition) is 2. The average Bonchev–Trinajstić information content (AvgIpc) is 3.25. The SMILES string of the molecule is c1ccc(Cc2ccc3oc(CNC4CC4)cc3c2)cc1. The lowest BCUT2D eigenvalue weighted by molar-refractivity contribution is 0.512. The van der Waals surface area contributed by atoms with Gasteiger partial charge < -0.3 is 9.73 Å². The zero-order valence-electron chi connectivity index (χ0n) is 12.0. The van der Waals surface area contributed by atoms with E-state index >= 15 is 0 Å². The molecule has 1 saturated carbocycles. The van der Waals surface area contributed by atoms with Gasteiger partial charge in [-0.25, -0.2) is 0 Å². The number of fused-ring (bicyclic) bond motifs is 1. The molecule has 0 unspecified atom stereocenters. The maximum Gasteiger partial charge on any atom is 0.134 e. The van der Waals surface area contributed by atoms with Gasteiger partial charge in [-0.3, -0.25) is 0 Å². The third-order valence-electron chi connectivity index (χ3n) is 4.03. The van der Waals surface area contributed by atoms with Gasteiger partial charge in [-0.1, -0.05) is 36.4 Å². The van der Waals surface area contributed by atoms with Crippen LogP contribution in [-0.2, 0) is 13.0 Å². The predicted molar refractivity (Wildman–Crippen MR) is 85.3 cm³/mol. The maximum atomic E-state index is 5.89. The molecule has 1 aliphatic rings. The van der Waals surface area contributed by atoms with E-state index in [-0.39, 0.29) is 0 Å². The normalized spacial score (nSPS) is 14.7. The molecule has 1 fully saturated rings. The van der Waals surface area contributed by atoms with Gasteiger partial charge in [-0.2, -0.15) is 0 Å². The van der Waals surface area contributed by atoms with Crippen molar-refractivity contribution in [3.8, 4) is 0 Å².